The second kappa shape index (κ2) is 7.89. The Morgan fingerprint density at radius 2 is 2.04 bits per heavy atom. The molecule has 1 amide bonds. The first-order valence-corrected chi connectivity index (χ1v) is 10.2. The summed E-state index contributed by atoms with van der Waals surface area (Å²) in [5, 5.41) is 4.82. The van der Waals surface area contributed by atoms with Gasteiger partial charge in [0.05, 0.1) is 16.8 Å². The van der Waals surface area contributed by atoms with Gasteiger partial charge < -0.3 is 9.80 Å². The number of halogens is 1. The van der Waals surface area contributed by atoms with Crippen LogP contribution in [0.4, 0.5) is 5.82 Å². The molecule has 6 nitrogen and oxygen atoms in total. The fourth-order valence-electron chi connectivity index (χ4n) is 4.16. The molecule has 2 aromatic heterocycles. The van der Waals surface area contributed by atoms with Crippen molar-refractivity contribution in [2.24, 2.45) is 13.0 Å². The Kier molecular flexibility index (Phi) is 5.34. The zero-order valence-electron chi connectivity index (χ0n) is 15.8. The number of carbonyl (C=O) groups excluding carboxylic acids is 1. The van der Waals surface area contributed by atoms with Crippen LogP contribution in [0.1, 0.15) is 41.6 Å². The maximum atomic E-state index is 12.6. The lowest BCUT2D eigenvalue weighted by molar-refractivity contribution is 0.0724. The summed E-state index contributed by atoms with van der Waals surface area (Å²) >= 11 is 6.52. The van der Waals surface area contributed by atoms with E-state index in [0.717, 1.165) is 57.7 Å². The molecule has 0 aliphatic carbocycles. The topological polar surface area (TPSA) is 54.3 Å². The molecule has 27 heavy (non-hydrogen) atoms. The minimum absolute atomic E-state index is 0.0477. The molecule has 4 rings (SSSR count). The molecule has 0 radical (unpaired) electrons. The third-order valence-corrected chi connectivity index (χ3v) is 5.86. The van der Waals surface area contributed by atoms with E-state index in [1.807, 2.05) is 22.8 Å². The molecule has 0 N–H and O–H groups in total. The van der Waals surface area contributed by atoms with Gasteiger partial charge in [0.1, 0.15) is 5.82 Å². The summed E-state index contributed by atoms with van der Waals surface area (Å²) in [4.78, 5) is 21.3. The zero-order chi connectivity index (χ0) is 18.8. The highest BCUT2D eigenvalue weighted by atomic mass is 35.5. The van der Waals surface area contributed by atoms with Crippen molar-refractivity contribution in [3.63, 3.8) is 0 Å². The van der Waals surface area contributed by atoms with Crippen molar-refractivity contribution in [3.05, 3.63) is 40.8 Å². The van der Waals surface area contributed by atoms with Gasteiger partial charge in [0, 0.05) is 45.6 Å². The lowest BCUT2D eigenvalue weighted by Gasteiger charge is -2.27. The van der Waals surface area contributed by atoms with Crippen LogP contribution in [0.25, 0.3) is 0 Å². The van der Waals surface area contributed by atoms with Crippen molar-refractivity contribution in [1.29, 1.82) is 0 Å². The third-order valence-electron chi connectivity index (χ3n) is 5.58. The van der Waals surface area contributed by atoms with Crippen molar-refractivity contribution < 1.29 is 4.79 Å². The van der Waals surface area contributed by atoms with Crippen LogP contribution in [0.2, 0.25) is 5.02 Å². The molecule has 2 aliphatic rings. The van der Waals surface area contributed by atoms with Gasteiger partial charge in [-0.15, -0.1) is 0 Å². The molecule has 144 valence electrons. The SMILES string of the molecule is Cn1cc(CC2CCN(c3ncc(C(=O)N4CCCCC4)cc3Cl)C2)cn1. The van der Waals surface area contributed by atoms with Crippen LogP contribution in [-0.4, -0.2) is 51.8 Å². The smallest absolute Gasteiger partial charge is 0.255 e. The lowest BCUT2D eigenvalue weighted by Crippen LogP contribution is -2.35. The Labute approximate surface area is 165 Å². The summed E-state index contributed by atoms with van der Waals surface area (Å²) in [6, 6.07) is 1.79. The molecule has 0 spiro atoms. The van der Waals surface area contributed by atoms with Crippen molar-refractivity contribution in [2.45, 2.75) is 32.1 Å². The van der Waals surface area contributed by atoms with Gasteiger partial charge in [-0.3, -0.25) is 9.48 Å². The molecular formula is C20H26ClN5O. The summed E-state index contributed by atoms with van der Waals surface area (Å²) in [5.41, 5.74) is 1.86. The number of aromatic nitrogens is 3. The molecule has 0 aromatic carbocycles. The summed E-state index contributed by atoms with van der Waals surface area (Å²) in [7, 11) is 1.95. The van der Waals surface area contributed by atoms with Gasteiger partial charge in [-0.25, -0.2) is 4.98 Å². The fourth-order valence-corrected chi connectivity index (χ4v) is 4.45. The molecular weight excluding hydrogens is 362 g/mol. The number of carbonyl (C=O) groups is 1. The Morgan fingerprint density at radius 3 is 2.74 bits per heavy atom. The van der Waals surface area contributed by atoms with E-state index in [1.165, 1.54) is 12.0 Å². The van der Waals surface area contributed by atoms with E-state index in [1.54, 1.807) is 12.3 Å². The predicted molar refractivity (Wildman–Crippen MR) is 106 cm³/mol. The van der Waals surface area contributed by atoms with E-state index in [9.17, 15) is 4.79 Å². The standard InChI is InChI=1S/C20H26ClN5O/c1-24-13-16(11-23-24)9-15-5-8-26(14-15)19-18(21)10-17(12-22-19)20(27)25-6-3-2-4-7-25/h10-13,15H,2-9,14H2,1H3. The van der Waals surface area contributed by atoms with E-state index in [0.29, 0.717) is 16.5 Å². The number of rotatable bonds is 4. The van der Waals surface area contributed by atoms with Crippen molar-refractivity contribution in [2.75, 3.05) is 31.1 Å². The molecule has 0 bridgehead atoms. The molecule has 2 fully saturated rings. The molecule has 7 heteroatoms. The first kappa shape index (κ1) is 18.3. The van der Waals surface area contributed by atoms with Crippen LogP contribution in [0.15, 0.2) is 24.7 Å². The fraction of sp³-hybridized carbons (Fsp3) is 0.550. The first-order valence-electron chi connectivity index (χ1n) is 9.77. The number of piperidine rings is 1. The van der Waals surface area contributed by atoms with Crippen LogP contribution in [0, 0.1) is 5.92 Å². The number of hydrogen-bond acceptors (Lipinski definition) is 4. The number of nitrogens with zero attached hydrogens (tertiary/aromatic N) is 5. The molecule has 2 aliphatic heterocycles. The van der Waals surface area contributed by atoms with Crippen molar-refractivity contribution >= 4 is 23.3 Å². The van der Waals surface area contributed by atoms with E-state index in [-0.39, 0.29) is 5.91 Å². The largest absolute Gasteiger partial charge is 0.355 e. The monoisotopic (exact) mass is 387 g/mol. The second-order valence-corrected chi connectivity index (χ2v) is 8.12. The first-order chi connectivity index (χ1) is 13.1. The van der Waals surface area contributed by atoms with Crippen LogP contribution in [0.3, 0.4) is 0 Å². The van der Waals surface area contributed by atoms with Crippen LogP contribution in [-0.2, 0) is 13.5 Å². The van der Waals surface area contributed by atoms with E-state index in [4.69, 9.17) is 11.6 Å². The van der Waals surface area contributed by atoms with Gasteiger partial charge in [0.25, 0.3) is 5.91 Å². The Morgan fingerprint density at radius 1 is 1.22 bits per heavy atom. The molecule has 1 atom stereocenters. The Hall–Kier alpha value is -2.08. The predicted octanol–water partition coefficient (Wildman–Crippen LogP) is 3.16. The van der Waals surface area contributed by atoms with E-state index in [2.05, 4.69) is 21.2 Å². The van der Waals surface area contributed by atoms with Gasteiger partial charge >= 0.3 is 0 Å². The average molecular weight is 388 g/mol. The number of pyridine rings is 1. The number of amides is 1. The number of hydrogen-bond donors (Lipinski definition) is 0. The second-order valence-electron chi connectivity index (χ2n) is 7.71. The Balaban J connectivity index is 1.41. The van der Waals surface area contributed by atoms with Gasteiger partial charge in [-0.1, -0.05) is 11.6 Å². The summed E-state index contributed by atoms with van der Waals surface area (Å²) < 4.78 is 1.85. The molecule has 1 unspecified atom stereocenters. The van der Waals surface area contributed by atoms with Crippen LogP contribution >= 0.6 is 11.6 Å². The minimum atomic E-state index is 0.0477. The third kappa shape index (κ3) is 4.10. The van der Waals surface area contributed by atoms with Gasteiger partial charge in [0.15, 0.2) is 0 Å². The highest BCUT2D eigenvalue weighted by Crippen LogP contribution is 2.30. The van der Waals surface area contributed by atoms with E-state index >= 15 is 0 Å². The summed E-state index contributed by atoms with van der Waals surface area (Å²) in [6.45, 7) is 3.54. The maximum absolute atomic E-state index is 12.6. The number of anilines is 1. The van der Waals surface area contributed by atoms with Gasteiger partial charge in [-0.05, 0) is 49.7 Å². The number of aryl methyl sites for hydroxylation is 1. The maximum Gasteiger partial charge on any atom is 0.255 e. The van der Waals surface area contributed by atoms with Crippen LogP contribution < -0.4 is 4.90 Å². The Bertz CT molecular complexity index is 814. The minimum Gasteiger partial charge on any atom is -0.355 e. The van der Waals surface area contributed by atoms with Gasteiger partial charge in [0.2, 0.25) is 0 Å². The molecule has 2 aromatic rings. The van der Waals surface area contributed by atoms with Crippen molar-refractivity contribution in [1.82, 2.24) is 19.7 Å². The quantitative estimate of drug-likeness (QED) is 0.808. The number of likely N-dealkylation sites (tertiary alicyclic amines) is 1. The molecule has 2 saturated heterocycles. The summed E-state index contributed by atoms with van der Waals surface area (Å²) in [5.74, 6) is 1.41. The van der Waals surface area contributed by atoms with E-state index < -0.39 is 0 Å². The molecule has 0 saturated carbocycles. The van der Waals surface area contributed by atoms with Crippen molar-refractivity contribution in [3.8, 4) is 0 Å². The van der Waals surface area contributed by atoms with Gasteiger partial charge in [-0.2, -0.15) is 5.10 Å². The highest BCUT2D eigenvalue weighted by Gasteiger charge is 2.26. The molecule has 4 heterocycles. The summed E-state index contributed by atoms with van der Waals surface area (Å²) in [6.07, 6.45) is 11.2. The lowest BCUT2D eigenvalue weighted by atomic mass is 10.0. The average Bonchev–Trinajstić information content (AvgIpc) is 3.31. The van der Waals surface area contributed by atoms with Crippen LogP contribution in [0.5, 0.6) is 0 Å². The zero-order valence-corrected chi connectivity index (χ0v) is 16.5. The highest BCUT2D eigenvalue weighted by molar-refractivity contribution is 6.33. The normalized spacial score (nSPS) is 20.3.